The maximum absolute atomic E-state index is 14.1. The third-order valence-electron chi connectivity index (χ3n) is 4.55. The lowest BCUT2D eigenvalue weighted by Gasteiger charge is -2.14. The summed E-state index contributed by atoms with van der Waals surface area (Å²) in [6.45, 7) is 8.18. The molecule has 3 rings (SSSR count). The van der Waals surface area contributed by atoms with Gasteiger partial charge in [0.1, 0.15) is 5.69 Å². The van der Waals surface area contributed by atoms with Crippen LogP contribution in [0, 0.1) is 12.7 Å². The Morgan fingerprint density at radius 1 is 1.03 bits per heavy atom. The molecule has 2 aromatic carbocycles. The van der Waals surface area contributed by atoms with Gasteiger partial charge in [-0.05, 0) is 25.5 Å². The number of benzene rings is 2. The molecule has 0 aliphatic carbocycles. The van der Waals surface area contributed by atoms with Crippen LogP contribution in [0.5, 0.6) is 0 Å². The molecule has 0 aliphatic heterocycles. The first-order chi connectivity index (χ1) is 16.9. The van der Waals surface area contributed by atoms with E-state index >= 15 is 0 Å². The molecule has 0 fully saturated rings. The van der Waals surface area contributed by atoms with Crippen LogP contribution in [0.2, 0.25) is 0 Å². The number of amides is 1. The van der Waals surface area contributed by atoms with E-state index in [1.165, 1.54) is 12.0 Å². The second-order valence-electron chi connectivity index (χ2n) is 7.74. The predicted octanol–water partition coefficient (Wildman–Crippen LogP) is 4.60. The van der Waals surface area contributed by atoms with Crippen molar-refractivity contribution in [1.82, 2.24) is 15.3 Å². The number of aromatic nitrogens is 2. The van der Waals surface area contributed by atoms with Gasteiger partial charge in [-0.25, -0.2) is 14.4 Å². The molecule has 3 aromatic rings. The van der Waals surface area contributed by atoms with Crippen LogP contribution in [-0.2, 0) is 0 Å². The van der Waals surface area contributed by atoms with E-state index in [1.54, 1.807) is 24.3 Å². The molecule has 0 aliphatic rings. The van der Waals surface area contributed by atoms with Gasteiger partial charge in [-0.3, -0.25) is 4.79 Å². The number of hydrogen-bond donors (Lipinski definition) is 4. The zero-order valence-corrected chi connectivity index (χ0v) is 21.0. The number of anilines is 1. The second kappa shape index (κ2) is 17.1. The summed E-state index contributed by atoms with van der Waals surface area (Å²) in [6, 6.07) is 16.3. The van der Waals surface area contributed by atoms with Crippen molar-refractivity contribution in [2.75, 3.05) is 25.1 Å². The number of nitrogens with one attached hydrogen (secondary N) is 2. The van der Waals surface area contributed by atoms with E-state index < -0.39 is 5.82 Å². The summed E-state index contributed by atoms with van der Waals surface area (Å²) in [5.41, 5.74) is 2.32. The highest BCUT2D eigenvalue weighted by atomic mass is 19.1. The second-order valence-corrected chi connectivity index (χ2v) is 7.74. The van der Waals surface area contributed by atoms with Crippen molar-refractivity contribution in [2.24, 2.45) is 0 Å². The molecule has 4 N–H and O–H groups in total. The lowest BCUT2D eigenvalue weighted by molar-refractivity contribution is 0.0945. The van der Waals surface area contributed by atoms with Gasteiger partial charge in [-0.2, -0.15) is 0 Å². The highest BCUT2D eigenvalue weighted by molar-refractivity contribution is 5.94. The predicted molar refractivity (Wildman–Crippen MR) is 139 cm³/mol. The van der Waals surface area contributed by atoms with Gasteiger partial charge < -0.3 is 20.8 Å². The van der Waals surface area contributed by atoms with Crippen LogP contribution in [0.15, 0.2) is 60.8 Å². The Morgan fingerprint density at radius 2 is 1.66 bits per heavy atom. The summed E-state index contributed by atoms with van der Waals surface area (Å²) in [4.78, 5) is 19.8. The number of carbonyl (C=O) groups excluding carboxylic acids is 1. The van der Waals surface area contributed by atoms with Crippen molar-refractivity contribution in [3.05, 3.63) is 77.7 Å². The van der Waals surface area contributed by atoms with Crippen molar-refractivity contribution < 1.29 is 19.4 Å². The first-order valence-corrected chi connectivity index (χ1v) is 11.8. The molecule has 1 unspecified atom stereocenters. The molecule has 0 saturated carbocycles. The molecule has 0 bridgehead atoms. The van der Waals surface area contributed by atoms with Crippen LogP contribution >= 0.6 is 0 Å². The molecular weight excluding hydrogens is 447 g/mol. The molecule has 0 spiro atoms. The van der Waals surface area contributed by atoms with E-state index in [2.05, 4.69) is 53.5 Å². The zero-order chi connectivity index (χ0) is 26.1. The molecule has 1 heterocycles. The molecule has 35 heavy (non-hydrogen) atoms. The van der Waals surface area contributed by atoms with Gasteiger partial charge in [0.2, 0.25) is 5.95 Å². The summed E-state index contributed by atoms with van der Waals surface area (Å²) in [5, 5.41) is 23.4. The van der Waals surface area contributed by atoms with E-state index in [-0.39, 0.29) is 43.3 Å². The largest absolute Gasteiger partial charge is 0.395 e. The van der Waals surface area contributed by atoms with Crippen LogP contribution in [-0.4, -0.2) is 51.9 Å². The van der Waals surface area contributed by atoms with Crippen LogP contribution in [0.25, 0.3) is 11.3 Å². The first kappa shape index (κ1) is 29.7. The minimum absolute atomic E-state index is 0.0791. The average molecular weight is 485 g/mol. The Kier molecular flexibility index (Phi) is 14.5. The molecule has 0 radical (unpaired) electrons. The van der Waals surface area contributed by atoms with E-state index in [1.807, 2.05) is 25.1 Å². The fraction of sp³-hybridized carbons (Fsp3) is 0.370. The molecule has 190 valence electrons. The van der Waals surface area contributed by atoms with Crippen LogP contribution in [0.1, 0.15) is 49.5 Å². The monoisotopic (exact) mass is 484 g/mol. The Balaban J connectivity index is 0.000000510. The smallest absolute Gasteiger partial charge is 0.251 e. The maximum Gasteiger partial charge on any atom is 0.251 e. The summed E-state index contributed by atoms with van der Waals surface area (Å²) in [5.74, 6) is -0.679. The number of aliphatic hydroxyl groups is 2. The van der Waals surface area contributed by atoms with Crippen LogP contribution in [0.3, 0.4) is 0 Å². The van der Waals surface area contributed by atoms with Gasteiger partial charge in [0.25, 0.3) is 5.91 Å². The van der Waals surface area contributed by atoms with Gasteiger partial charge in [0.15, 0.2) is 5.82 Å². The number of aryl methyl sites for hydroxylation is 1. The third kappa shape index (κ3) is 11.1. The van der Waals surface area contributed by atoms with Gasteiger partial charge in [-0.15, -0.1) is 0 Å². The number of nitrogens with zero attached hydrogens (tertiary/aromatic N) is 2. The molecule has 8 heteroatoms. The molecule has 0 saturated heterocycles. The number of halogens is 1. The van der Waals surface area contributed by atoms with Crippen LogP contribution < -0.4 is 10.6 Å². The van der Waals surface area contributed by atoms with E-state index in [4.69, 9.17) is 5.11 Å². The summed E-state index contributed by atoms with van der Waals surface area (Å²) < 4.78 is 14.1. The minimum Gasteiger partial charge on any atom is -0.395 e. The lowest BCUT2D eigenvalue weighted by atomic mass is 10.1. The fourth-order valence-electron chi connectivity index (χ4n) is 2.68. The van der Waals surface area contributed by atoms with Gasteiger partial charge in [0, 0.05) is 17.7 Å². The van der Waals surface area contributed by atoms with E-state index in [9.17, 15) is 14.3 Å². The quantitative estimate of drug-likeness (QED) is 0.372. The summed E-state index contributed by atoms with van der Waals surface area (Å²) in [7, 11) is 0. The Labute approximate surface area is 207 Å². The van der Waals surface area contributed by atoms with Crippen LogP contribution in [0.4, 0.5) is 10.3 Å². The lowest BCUT2D eigenvalue weighted by Crippen LogP contribution is -2.26. The van der Waals surface area contributed by atoms with E-state index in [0.29, 0.717) is 17.5 Å². The van der Waals surface area contributed by atoms with Gasteiger partial charge >= 0.3 is 0 Å². The number of carbonyl (C=O) groups is 1. The van der Waals surface area contributed by atoms with Gasteiger partial charge in [0.05, 0.1) is 25.5 Å². The molecule has 1 amide bonds. The molecular formula is C27H37FN4O3. The zero-order valence-electron chi connectivity index (χ0n) is 21.0. The maximum atomic E-state index is 14.1. The van der Waals surface area contributed by atoms with E-state index in [0.717, 1.165) is 6.20 Å². The standard InChI is InChI=1S/C17H21FN4O3.C7H8.C3H8/c1-2-13(10-24)21-17-20-9-14(18)15(22-17)11-3-5-12(6-4-11)16(25)19-7-8-23;1-7-5-3-2-4-6-7;1-3-2/h3-6,9,13,23-24H,2,7-8,10H2,1H3,(H,19,25)(H,20,21,22);2-6H,1H3;3H2,1-2H3. The fourth-order valence-corrected chi connectivity index (χ4v) is 2.68. The average Bonchev–Trinajstić information content (AvgIpc) is 2.88. The van der Waals surface area contributed by atoms with Crippen molar-refractivity contribution in [1.29, 1.82) is 0 Å². The third-order valence-corrected chi connectivity index (χ3v) is 4.55. The normalized spacial score (nSPS) is 10.7. The van der Waals surface area contributed by atoms with Crippen molar-refractivity contribution in [3.63, 3.8) is 0 Å². The number of rotatable bonds is 8. The van der Waals surface area contributed by atoms with Crippen molar-refractivity contribution in [2.45, 2.75) is 46.6 Å². The number of hydrogen-bond acceptors (Lipinski definition) is 6. The van der Waals surface area contributed by atoms with Crippen molar-refractivity contribution in [3.8, 4) is 11.3 Å². The highest BCUT2D eigenvalue weighted by Gasteiger charge is 2.13. The Bertz CT molecular complexity index is 981. The summed E-state index contributed by atoms with van der Waals surface area (Å²) >= 11 is 0. The Hall–Kier alpha value is -3.36. The SMILES string of the molecule is CCC.CCC(CO)Nc1ncc(F)c(-c2ccc(C(=O)NCCO)cc2)n1.Cc1ccccc1. The van der Waals surface area contributed by atoms with Crippen molar-refractivity contribution >= 4 is 11.9 Å². The molecule has 1 atom stereocenters. The summed E-state index contributed by atoms with van der Waals surface area (Å²) in [6.07, 6.45) is 2.99. The molecule has 1 aromatic heterocycles. The number of aliphatic hydroxyl groups excluding tert-OH is 2. The Morgan fingerprint density at radius 3 is 2.14 bits per heavy atom. The molecule has 7 nitrogen and oxygen atoms in total. The topological polar surface area (TPSA) is 107 Å². The highest BCUT2D eigenvalue weighted by Crippen LogP contribution is 2.22. The first-order valence-electron chi connectivity index (χ1n) is 11.8. The van der Waals surface area contributed by atoms with Gasteiger partial charge in [-0.1, -0.05) is 75.2 Å². The minimum atomic E-state index is -0.583.